The van der Waals surface area contributed by atoms with Gasteiger partial charge in [-0.1, -0.05) is 13.8 Å². The van der Waals surface area contributed by atoms with E-state index in [1.54, 1.807) is 0 Å². The second-order valence-electron chi connectivity index (χ2n) is 3.07. The van der Waals surface area contributed by atoms with Gasteiger partial charge in [-0.3, -0.25) is 4.79 Å². The van der Waals surface area contributed by atoms with E-state index >= 15 is 0 Å². The zero-order chi connectivity index (χ0) is 8.85. The second-order valence-corrected chi connectivity index (χ2v) is 3.52. The van der Waals surface area contributed by atoms with Crippen LogP contribution in [0.5, 0.6) is 0 Å². The average molecular weight is 175 g/mol. The minimum atomic E-state index is 0.0983. The average Bonchev–Trinajstić information content (AvgIpc) is 1.87. The summed E-state index contributed by atoms with van der Waals surface area (Å²) in [7, 11) is 0. The molecule has 0 aromatic carbocycles. The molecular formula is C8H17NOS. The largest absolute Gasteiger partial charge is 0.353 e. The van der Waals surface area contributed by atoms with Crippen molar-refractivity contribution in [1.29, 1.82) is 0 Å². The van der Waals surface area contributed by atoms with Gasteiger partial charge in [-0.25, -0.2) is 0 Å². The summed E-state index contributed by atoms with van der Waals surface area (Å²) in [5.41, 5.74) is 0. The van der Waals surface area contributed by atoms with Crippen LogP contribution in [-0.2, 0) is 4.79 Å². The van der Waals surface area contributed by atoms with Gasteiger partial charge in [0.05, 0.1) is 0 Å². The molecular weight excluding hydrogens is 158 g/mol. The molecule has 11 heavy (non-hydrogen) atoms. The predicted molar refractivity (Wildman–Crippen MR) is 50.9 cm³/mol. The monoisotopic (exact) mass is 175 g/mol. The number of hydrogen-bond donors (Lipinski definition) is 2. The topological polar surface area (TPSA) is 29.1 Å². The molecule has 0 radical (unpaired) electrons. The van der Waals surface area contributed by atoms with E-state index in [-0.39, 0.29) is 11.9 Å². The first-order chi connectivity index (χ1) is 5.07. The highest BCUT2D eigenvalue weighted by molar-refractivity contribution is 7.80. The highest BCUT2D eigenvalue weighted by Crippen LogP contribution is 1.99. The minimum Gasteiger partial charge on any atom is -0.353 e. The molecule has 1 N–H and O–H groups in total. The molecule has 0 saturated carbocycles. The molecule has 0 saturated heterocycles. The SMILES string of the molecule is CC(C)C(C)NC(=O)CCS. The minimum absolute atomic E-state index is 0.0983. The maximum absolute atomic E-state index is 11.0. The normalized spacial score (nSPS) is 13.2. The van der Waals surface area contributed by atoms with Crippen LogP contribution in [-0.4, -0.2) is 17.7 Å². The van der Waals surface area contributed by atoms with Crippen LogP contribution in [0.3, 0.4) is 0 Å². The summed E-state index contributed by atoms with van der Waals surface area (Å²) >= 11 is 3.97. The molecule has 0 aromatic heterocycles. The molecule has 66 valence electrons. The first-order valence-electron chi connectivity index (χ1n) is 3.98. The Bertz CT molecular complexity index is 125. The molecule has 1 amide bonds. The molecule has 0 aliphatic heterocycles. The molecule has 1 atom stereocenters. The number of carbonyl (C=O) groups excluding carboxylic acids is 1. The first kappa shape index (κ1) is 10.8. The molecule has 0 aromatic rings. The molecule has 0 heterocycles. The van der Waals surface area contributed by atoms with Crippen molar-refractivity contribution < 1.29 is 4.79 Å². The Labute approximate surface area is 74.2 Å². The summed E-state index contributed by atoms with van der Waals surface area (Å²) in [4.78, 5) is 11.0. The number of nitrogens with one attached hydrogen (secondary N) is 1. The Kier molecular flexibility index (Phi) is 5.38. The first-order valence-corrected chi connectivity index (χ1v) is 4.61. The quantitative estimate of drug-likeness (QED) is 0.622. The summed E-state index contributed by atoms with van der Waals surface area (Å²) in [6.07, 6.45) is 0.514. The third-order valence-corrected chi connectivity index (χ3v) is 1.95. The fourth-order valence-electron chi connectivity index (χ4n) is 0.594. The van der Waals surface area contributed by atoms with Gasteiger partial charge in [-0.2, -0.15) is 12.6 Å². The van der Waals surface area contributed by atoms with E-state index in [1.165, 1.54) is 0 Å². The molecule has 0 aliphatic rings. The van der Waals surface area contributed by atoms with Crippen molar-refractivity contribution in [2.75, 3.05) is 5.75 Å². The van der Waals surface area contributed by atoms with Gasteiger partial charge >= 0.3 is 0 Å². The summed E-state index contributed by atoms with van der Waals surface area (Å²) in [6.45, 7) is 6.19. The van der Waals surface area contributed by atoms with Gasteiger partial charge in [0.15, 0.2) is 0 Å². The van der Waals surface area contributed by atoms with E-state index in [2.05, 4.69) is 31.8 Å². The van der Waals surface area contributed by atoms with E-state index in [1.807, 2.05) is 6.92 Å². The van der Waals surface area contributed by atoms with Crippen LogP contribution in [0.1, 0.15) is 27.2 Å². The van der Waals surface area contributed by atoms with E-state index in [9.17, 15) is 4.79 Å². The lowest BCUT2D eigenvalue weighted by Gasteiger charge is -2.16. The number of thiol groups is 1. The van der Waals surface area contributed by atoms with E-state index in [4.69, 9.17) is 0 Å². The number of carbonyl (C=O) groups is 1. The van der Waals surface area contributed by atoms with Crippen molar-refractivity contribution in [3.05, 3.63) is 0 Å². The Morgan fingerprint density at radius 1 is 1.45 bits per heavy atom. The molecule has 2 nitrogen and oxygen atoms in total. The van der Waals surface area contributed by atoms with Crippen molar-refractivity contribution >= 4 is 18.5 Å². The fraction of sp³-hybridized carbons (Fsp3) is 0.875. The lowest BCUT2D eigenvalue weighted by Crippen LogP contribution is -2.36. The van der Waals surface area contributed by atoms with Gasteiger partial charge in [0.25, 0.3) is 0 Å². The van der Waals surface area contributed by atoms with Crippen LogP contribution in [0, 0.1) is 5.92 Å². The smallest absolute Gasteiger partial charge is 0.221 e. The van der Waals surface area contributed by atoms with Crippen LogP contribution < -0.4 is 5.32 Å². The number of amides is 1. The number of hydrogen-bond acceptors (Lipinski definition) is 2. The molecule has 3 heteroatoms. The molecule has 0 fully saturated rings. The summed E-state index contributed by atoms with van der Waals surface area (Å²) < 4.78 is 0. The van der Waals surface area contributed by atoms with Gasteiger partial charge < -0.3 is 5.32 Å². The van der Waals surface area contributed by atoms with E-state index in [0.29, 0.717) is 18.1 Å². The standard InChI is InChI=1S/C8H17NOS/c1-6(2)7(3)9-8(10)4-5-11/h6-7,11H,4-5H2,1-3H3,(H,9,10). The molecule has 0 bridgehead atoms. The molecule has 0 aliphatic carbocycles. The molecule has 1 unspecified atom stereocenters. The van der Waals surface area contributed by atoms with Gasteiger partial charge in [0, 0.05) is 12.5 Å². The Morgan fingerprint density at radius 2 is 2.00 bits per heavy atom. The Morgan fingerprint density at radius 3 is 2.36 bits per heavy atom. The van der Waals surface area contributed by atoms with Crippen LogP contribution >= 0.6 is 12.6 Å². The van der Waals surface area contributed by atoms with Gasteiger partial charge in [-0.05, 0) is 18.6 Å². The van der Waals surface area contributed by atoms with Crippen molar-refractivity contribution in [2.24, 2.45) is 5.92 Å². The summed E-state index contributed by atoms with van der Waals surface area (Å²) in [5, 5.41) is 2.89. The highest BCUT2D eigenvalue weighted by atomic mass is 32.1. The molecule has 0 spiro atoms. The molecule has 0 rings (SSSR count). The van der Waals surface area contributed by atoms with Crippen LogP contribution in [0.15, 0.2) is 0 Å². The van der Waals surface area contributed by atoms with Crippen molar-refractivity contribution in [3.63, 3.8) is 0 Å². The summed E-state index contributed by atoms with van der Waals surface area (Å²) in [5.74, 6) is 1.22. The third kappa shape index (κ3) is 5.13. The van der Waals surface area contributed by atoms with Gasteiger partial charge in [-0.15, -0.1) is 0 Å². The Balaban J connectivity index is 3.57. The van der Waals surface area contributed by atoms with Crippen molar-refractivity contribution in [2.45, 2.75) is 33.2 Å². The maximum atomic E-state index is 11.0. The zero-order valence-electron chi connectivity index (χ0n) is 7.42. The fourth-order valence-corrected chi connectivity index (χ4v) is 0.797. The van der Waals surface area contributed by atoms with Crippen LogP contribution in [0.2, 0.25) is 0 Å². The van der Waals surface area contributed by atoms with Gasteiger partial charge in [0.1, 0.15) is 0 Å². The second kappa shape index (κ2) is 5.47. The zero-order valence-corrected chi connectivity index (χ0v) is 8.32. The van der Waals surface area contributed by atoms with Crippen molar-refractivity contribution in [1.82, 2.24) is 5.32 Å². The number of rotatable bonds is 4. The summed E-state index contributed by atoms with van der Waals surface area (Å²) in [6, 6.07) is 0.266. The lowest BCUT2D eigenvalue weighted by molar-refractivity contribution is -0.121. The third-order valence-electron chi connectivity index (χ3n) is 1.73. The Hall–Kier alpha value is -0.180. The van der Waals surface area contributed by atoms with E-state index in [0.717, 1.165) is 0 Å². The van der Waals surface area contributed by atoms with Crippen LogP contribution in [0.25, 0.3) is 0 Å². The van der Waals surface area contributed by atoms with Gasteiger partial charge in [0.2, 0.25) is 5.91 Å². The van der Waals surface area contributed by atoms with Crippen molar-refractivity contribution in [3.8, 4) is 0 Å². The predicted octanol–water partition coefficient (Wildman–Crippen LogP) is 1.47. The maximum Gasteiger partial charge on any atom is 0.221 e. The van der Waals surface area contributed by atoms with Crippen LogP contribution in [0.4, 0.5) is 0 Å². The van der Waals surface area contributed by atoms with E-state index < -0.39 is 0 Å². The highest BCUT2D eigenvalue weighted by Gasteiger charge is 2.08. The lowest BCUT2D eigenvalue weighted by atomic mass is 10.1.